The van der Waals surface area contributed by atoms with Gasteiger partial charge in [-0.2, -0.15) is 10.2 Å². The van der Waals surface area contributed by atoms with E-state index < -0.39 is 0 Å². The van der Waals surface area contributed by atoms with Crippen LogP contribution in [-0.4, -0.2) is 23.2 Å². The average molecular weight is 421 g/mol. The highest BCUT2D eigenvalue weighted by molar-refractivity contribution is 5.99. The molecule has 2 aromatic rings. The molecule has 0 saturated carbocycles. The molecular formula is C25H32N4O2. The number of carbonyl (C=O) groups is 2. The Kier molecular flexibility index (Phi) is 9.62. The quantitative estimate of drug-likeness (QED) is 0.442. The second kappa shape index (κ2) is 12.4. The van der Waals surface area contributed by atoms with Crippen molar-refractivity contribution in [2.45, 2.75) is 59.8 Å². The van der Waals surface area contributed by atoms with Crippen LogP contribution < -0.4 is 10.9 Å². The number of nitrogens with zero attached hydrogens (tertiary/aromatic N) is 2. The van der Waals surface area contributed by atoms with Crippen molar-refractivity contribution < 1.29 is 9.59 Å². The molecule has 0 aromatic heterocycles. The summed E-state index contributed by atoms with van der Waals surface area (Å²) in [6.45, 7) is 7.92. The maximum atomic E-state index is 12.0. The maximum absolute atomic E-state index is 12.0. The predicted octanol–water partition coefficient (Wildman–Crippen LogP) is 4.36. The fraction of sp³-hybridized carbons (Fsp3) is 0.360. The van der Waals surface area contributed by atoms with E-state index in [1.807, 2.05) is 38.1 Å². The van der Waals surface area contributed by atoms with Crippen molar-refractivity contribution in [3.05, 3.63) is 70.8 Å². The number of hydrogen-bond acceptors (Lipinski definition) is 4. The molecule has 0 aliphatic heterocycles. The van der Waals surface area contributed by atoms with Gasteiger partial charge in [-0.3, -0.25) is 9.59 Å². The minimum absolute atomic E-state index is 0.215. The number of benzene rings is 2. The fourth-order valence-electron chi connectivity index (χ4n) is 2.91. The zero-order valence-electron chi connectivity index (χ0n) is 18.9. The molecule has 2 N–H and O–H groups in total. The van der Waals surface area contributed by atoms with Gasteiger partial charge in [0.15, 0.2) is 0 Å². The molecule has 31 heavy (non-hydrogen) atoms. The van der Waals surface area contributed by atoms with Gasteiger partial charge in [-0.05, 0) is 55.4 Å². The summed E-state index contributed by atoms with van der Waals surface area (Å²) < 4.78 is 0. The molecule has 0 atom stereocenters. The Morgan fingerprint density at radius 1 is 0.677 bits per heavy atom. The zero-order chi connectivity index (χ0) is 22.6. The van der Waals surface area contributed by atoms with Gasteiger partial charge in [0.1, 0.15) is 0 Å². The Balaban J connectivity index is 1.72. The van der Waals surface area contributed by atoms with Crippen molar-refractivity contribution in [2.75, 3.05) is 0 Å². The van der Waals surface area contributed by atoms with E-state index in [9.17, 15) is 9.59 Å². The van der Waals surface area contributed by atoms with Crippen molar-refractivity contribution in [2.24, 2.45) is 10.2 Å². The van der Waals surface area contributed by atoms with Crippen molar-refractivity contribution in [1.82, 2.24) is 10.9 Å². The van der Waals surface area contributed by atoms with E-state index in [1.165, 1.54) is 11.1 Å². The summed E-state index contributed by atoms with van der Waals surface area (Å²) in [5.41, 5.74) is 11.0. The Hall–Kier alpha value is -3.28. The van der Waals surface area contributed by atoms with Gasteiger partial charge in [-0.1, -0.05) is 62.4 Å². The lowest BCUT2D eigenvalue weighted by molar-refractivity contribution is -0.122. The van der Waals surface area contributed by atoms with E-state index in [0.29, 0.717) is 6.42 Å². The Morgan fingerprint density at radius 2 is 1.03 bits per heavy atom. The van der Waals surface area contributed by atoms with Gasteiger partial charge in [0.25, 0.3) is 0 Å². The summed E-state index contributed by atoms with van der Waals surface area (Å²) in [5, 5.41) is 8.30. The number of carbonyl (C=O) groups excluding carboxylic acids is 2. The molecular weight excluding hydrogens is 388 g/mol. The van der Waals surface area contributed by atoms with E-state index in [1.54, 1.807) is 0 Å². The first-order chi connectivity index (χ1) is 14.9. The van der Waals surface area contributed by atoms with E-state index in [-0.39, 0.29) is 24.7 Å². The first kappa shape index (κ1) is 24.0. The van der Waals surface area contributed by atoms with Gasteiger partial charge in [0, 0.05) is 12.8 Å². The molecule has 0 spiro atoms. The smallest absolute Gasteiger partial charge is 0.240 e. The third-order valence-electron chi connectivity index (χ3n) is 5.06. The number of aryl methyl sites for hydroxylation is 2. The molecule has 164 valence electrons. The molecule has 0 aliphatic rings. The second-order valence-corrected chi connectivity index (χ2v) is 7.42. The van der Waals surface area contributed by atoms with Crippen LogP contribution in [0, 0.1) is 0 Å². The van der Waals surface area contributed by atoms with Crippen LogP contribution in [0.4, 0.5) is 0 Å². The minimum atomic E-state index is -0.215. The molecule has 0 bridgehead atoms. The predicted molar refractivity (Wildman–Crippen MR) is 126 cm³/mol. The summed E-state index contributed by atoms with van der Waals surface area (Å²) in [6.07, 6.45) is 2.84. The highest BCUT2D eigenvalue weighted by Gasteiger charge is 2.06. The molecule has 0 heterocycles. The third kappa shape index (κ3) is 8.16. The lowest BCUT2D eigenvalue weighted by Crippen LogP contribution is -2.21. The standard InChI is InChI=1S/C25H32N4O2/c1-5-20-10-14-22(15-11-20)18(3)26-28-24(30)8-7-9-25(31)29-27-19(4)23-16-12-21(6-2)13-17-23/h10-17H,5-9H2,1-4H3,(H,28,30)(H,29,31)/b26-18+,27-19+. The molecule has 0 unspecified atom stereocenters. The molecule has 6 nitrogen and oxygen atoms in total. The lowest BCUT2D eigenvalue weighted by atomic mass is 10.1. The van der Waals surface area contributed by atoms with Crippen LogP contribution in [0.1, 0.15) is 69.2 Å². The largest absolute Gasteiger partial charge is 0.273 e. The number of amides is 2. The number of rotatable bonds is 10. The van der Waals surface area contributed by atoms with Crippen LogP contribution in [-0.2, 0) is 22.4 Å². The molecule has 2 aromatic carbocycles. The van der Waals surface area contributed by atoms with E-state index in [0.717, 1.165) is 35.4 Å². The van der Waals surface area contributed by atoms with Crippen LogP contribution in [0.15, 0.2) is 58.7 Å². The van der Waals surface area contributed by atoms with Gasteiger partial charge in [-0.25, -0.2) is 10.9 Å². The third-order valence-corrected chi connectivity index (χ3v) is 5.06. The number of nitrogens with one attached hydrogen (secondary N) is 2. The highest BCUT2D eigenvalue weighted by atomic mass is 16.2. The average Bonchev–Trinajstić information content (AvgIpc) is 2.81. The first-order valence-electron chi connectivity index (χ1n) is 10.8. The molecule has 2 amide bonds. The number of hydrazone groups is 2. The first-order valence-corrected chi connectivity index (χ1v) is 10.8. The molecule has 0 radical (unpaired) electrons. The van der Waals surface area contributed by atoms with E-state index >= 15 is 0 Å². The maximum Gasteiger partial charge on any atom is 0.240 e. The topological polar surface area (TPSA) is 82.9 Å². The highest BCUT2D eigenvalue weighted by Crippen LogP contribution is 2.07. The normalized spacial score (nSPS) is 11.9. The van der Waals surface area contributed by atoms with Crippen LogP contribution in [0.2, 0.25) is 0 Å². The lowest BCUT2D eigenvalue weighted by Gasteiger charge is -2.05. The molecule has 0 aliphatic carbocycles. The molecule has 2 rings (SSSR count). The SMILES string of the molecule is CCc1ccc(/C(C)=N/NC(=O)CCCC(=O)N/N=C(\C)c2ccc(CC)cc2)cc1. The van der Waals surface area contributed by atoms with Crippen LogP contribution >= 0.6 is 0 Å². The van der Waals surface area contributed by atoms with Crippen molar-refractivity contribution in [3.8, 4) is 0 Å². The van der Waals surface area contributed by atoms with Crippen LogP contribution in [0.3, 0.4) is 0 Å². The Labute approximate surface area is 184 Å². The summed E-state index contributed by atoms with van der Waals surface area (Å²) in [5.74, 6) is -0.430. The van der Waals surface area contributed by atoms with E-state index in [4.69, 9.17) is 0 Å². The summed E-state index contributed by atoms with van der Waals surface area (Å²) in [7, 11) is 0. The molecule has 6 heteroatoms. The van der Waals surface area contributed by atoms with Crippen molar-refractivity contribution >= 4 is 23.2 Å². The van der Waals surface area contributed by atoms with E-state index in [2.05, 4.69) is 59.2 Å². The second-order valence-electron chi connectivity index (χ2n) is 7.42. The monoisotopic (exact) mass is 420 g/mol. The molecule has 0 fully saturated rings. The Morgan fingerprint density at radius 3 is 1.35 bits per heavy atom. The summed E-state index contributed by atoms with van der Waals surface area (Å²) in [6, 6.07) is 16.2. The van der Waals surface area contributed by atoms with Crippen molar-refractivity contribution in [3.63, 3.8) is 0 Å². The molecule has 0 saturated heterocycles. The van der Waals surface area contributed by atoms with Crippen LogP contribution in [0.5, 0.6) is 0 Å². The number of hydrogen-bond donors (Lipinski definition) is 2. The summed E-state index contributed by atoms with van der Waals surface area (Å²) >= 11 is 0. The van der Waals surface area contributed by atoms with Gasteiger partial charge in [-0.15, -0.1) is 0 Å². The van der Waals surface area contributed by atoms with Crippen molar-refractivity contribution in [1.29, 1.82) is 0 Å². The van der Waals surface area contributed by atoms with Gasteiger partial charge < -0.3 is 0 Å². The minimum Gasteiger partial charge on any atom is -0.273 e. The Bertz CT molecular complexity index is 851. The van der Waals surface area contributed by atoms with Gasteiger partial charge >= 0.3 is 0 Å². The van der Waals surface area contributed by atoms with Crippen LogP contribution in [0.25, 0.3) is 0 Å². The summed E-state index contributed by atoms with van der Waals surface area (Å²) in [4.78, 5) is 24.0. The fourth-order valence-corrected chi connectivity index (χ4v) is 2.91. The van der Waals surface area contributed by atoms with Gasteiger partial charge in [0.2, 0.25) is 11.8 Å². The van der Waals surface area contributed by atoms with Gasteiger partial charge in [0.05, 0.1) is 11.4 Å². The zero-order valence-corrected chi connectivity index (χ0v) is 18.9.